The second kappa shape index (κ2) is 20.6. The largest absolute Gasteiger partial charge is 0.368 e. The molecular formula is C46H56N8O5. The Hall–Kier alpha value is -6.05. The van der Waals surface area contributed by atoms with Crippen molar-refractivity contribution >= 4 is 51.2 Å². The van der Waals surface area contributed by atoms with Crippen LogP contribution < -0.4 is 32.7 Å². The van der Waals surface area contributed by atoms with E-state index in [9.17, 15) is 24.0 Å². The van der Waals surface area contributed by atoms with Crippen LogP contribution in [0.4, 0.5) is 0 Å². The predicted octanol–water partition coefficient (Wildman–Crippen LogP) is 3.24. The molecule has 5 aromatic rings. The lowest BCUT2D eigenvalue weighted by molar-refractivity contribution is -0.143. The van der Waals surface area contributed by atoms with Crippen LogP contribution >= 0.6 is 0 Å². The van der Waals surface area contributed by atoms with Gasteiger partial charge in [0.25, 0.3) is 0 Å². The van der Waals surface area contributed by atoms with Gasteiger partial charge in [0.05, 0.1) is 0 Å². The Labute approximate surface area is 345 Å². The van der Waals surface area contributed by atoms with Crippen LogP contribution in [0.1, 0.15) is 48.8 Å². The predicted molar refractivity (Wildman–Crippen MR) is 230 cm³/mol. The summed E-state index contributed by atoms with van der Waals surface area (Å²) < 4.78 is 0. The van der Waals surface area contributed by atoms with E-state index >= 15 is 0 Å². The number of H-pyrrole nitrogens is 1. The van der Waals surface area contributed by atoms with Gasteiger partial charge in [-0.05, 0) is 85.3 Å². The summed E-state index contributed by atoms with van der Waals surface area (Å²) in [4.78, 5) is 74.6. The second-order valence-corrected chi connectivity index (χ2v) is 15.5. The van der Waals surface area contributed by atoms with Gasteiger partial charge in [0.2, 0.25) is 29.5 Å². The molecule has 6 rings (SSSR count). The molecule has 5 amide bonds. The molecule has 13 nitrogen and oxygen atoms in total. The summed E-state index contributed by atoms with van der Waals surface area (Å²) in [5, 5.41) is 15.0. The summed E-state index contributed by atoms with van der Waals surface area (Å²) in [6, 6.07) is 26.6. The fourth-order valence-electron chi connectivity index (χ4n) is 7.88. The molecule has 4 aromatic carbocycles. The fraction of sp³-hybridized carbons (Fsp3) is 0.370. The molecule has 9 N–H and O–H groups in total. The number of para-hydroxylation sites is 1. The Bertz CT molecular complexity index is 2220. The van der Waals surface area contributed by atoms with E-state index in [1.165, 1.54) is 4.90 Å². The molecule has 1 aliphatic rings. The van der Waals surface area contributed by atoms with Gasteiger partial charge in [-0.25, -0.2) is 0 Å². The highest BCUT2D eigenvalue weighted by Crippen LogP contribution is 2.23. The first-order chi connectivity index (χ1) is 28.6. The highest BCUT2D eigenvalue weighted by Gasteiger charge is 2.35. The molecular weight excluding hydrogens is 745 g/mol. The molecule has 0 aliphatic carbocycles. The lowest BCUT2D eigenvalue weighted by Crippen LogP contribution is -2.59. The quantitative estimate of drug-likeness (QED) is 0.0621. The Kier molecular flexibility index (Phi) is 14.8. The smallest absolute Gasteiger partial charge is 0.243 e. The first kappa shape index (κ1) is 42.6. The molecule has 0 saturated carbocycles. The van der Waals surface area contributed by atoms with Crippen molar-refractivity contribution in [3.8, 4) is 0 Å². The van der Waals surface area contributed by atoms with Gasteiger partial charge in [-0.3, -0.25) is 24.0 Å². The first-order valence-electron chi connectivity index (χ1n) is 20.6. The topological polar surface area (TPSA) is 205 Å². The van der Waals surface area contributed by atoms with Crippen LogP contribution in [0.2, 0.25) is 0 Å². The fourth-order valence-corrected chi connectivity index (χ4v) is 7.88. The number of amides is 5. The van der Waals surface area contributed by atoms with Gasteiger partial charge in [0.15, 0.2) is 0 Å². The molecule has 1 fully saturated rings. The number of likely N-dealkylation sites (N-methyl/N-ethyl adjacent to an activating group) is 1. The van der Waals surface area contributed by atoms with E-state index in [0.717, 1.165) is 38.4 Å². The van der Waals surface area contributed by atoms with Gasteiger partial charge >= 0.3 is 0 Å². The molecule has 1 saturated heterocycles. The van der Waals surface area contributed by atoms with E-state index in [-0.39, 0.29) is 31.1 Å². The number of rotatable bonds is 19. The Morgan fingerprint density at radius 2 is 1.36 bits per heavy atom. The summed E-state index contributed by atoms with van der Waals surface area (Å²) in [5.41, 5.74) is 14.6. The van der Waals surface area contributed by atoms with Crippen LogP contribution in [-0.4, -0.2) is 90.3 Å². The number of carbonyl (C=O) groups is 5. The van der Waals surface area contributed by atoms with Crippen molar-refractivity contribution in [2.45, 2.75) is 75.5 Å². The summed E-state index contributed by atoms with van der Waals surface area (Å²) in [6.45, 7) is 1.86. The number of nitrogens with two attached hydrogens (primary N) is 2. The SMILES string of the molecule is CN(C(=O)C1CCNCC1)C(Cc1ccc2ccccc2c1)C(=O)N[C@H](Cc1c[nH]c2ccccc12)C(=O)N[C@@H](Cc1ccccc1)C(=O)N[C@@H](CCCCN)C(N)=O. The van der Waals surface area contributed by atoms with Crippen molar-refractivity contribution in [2.75, 3.05) is 26.7 Å². The summed E-state index contributed by atoms with van der Waals surface area (Å²) in [5.74, 6) is -2.74. The van der Waals surface area contributed by atoms with Crippen LogP contribution in [0.15, 0.2) is 103 Å². The first-order valence-corrected chi connectivity index (χ1v) is 20.6. The normalized spacial score (nSPS) is 15.2. The van der Waals surface area contributed by atoms with E-state index in [4.69, 9.17) is 11.5 Å². The minimum absolute atomic E-state index is 0.0823. The average molecular weight is 801 g/mol. The molecule has 13 heteroatoms. The van der Waals surface area contributed by atoms with Gasteiger partial charge in [0.1, 0.15) is 24.2 Å². The van der Waals surface area contributed by atoms with E-state index < -0.39 is 47.8 Å². The lowest BCUT2D eigenvalue weighted by Gasteiger charge is -2.33. The van der Waals surface area contributed by atoms with E-state index in [2.05, 4.69) is 26.3 Å². The third-order valence-corrected chi connectivity index (χ3v) is 11.3. The number of piperidine rings is 1. The van der Waals surface area contributed by atoms with Crippen molar-refractivity contribution < 1.29 is 24.0 Å². The lowest BCUT2D eigenvalue weighted by atomic mass is 9.94. The number of hydrogen-bond acceptors (Lipinski definition) is 7. The summed E-state index contributed by atoms with van der Waals surface area (Å²) >= 11 is 0. The summed E-state index contributed by atoms with van der Waals surface area (Å²) in [7, 11) is 1.66. The van der Waals surface area contributed by atoms with Crippen LogP contribution in [0.25, 0.3) is 21.7 Å². The van der Waals surface area contributed by atoms with Crippen LogP contribution in [0.3, 0.4) is 0 Å². The van der Waals surface area contributed by atoms with Gasteiger partial charge in [-0.15, -0.1) is 0 Å². The second-order valence-electron chi connectivity index (χ2n) is 15.5. The highest BCUT2D eigenvalue weighted by molar-refractivity contribution is 5.96. The number of aromatic amines is 1. The number of nitrogens with one attached hydrogen (secondary N) is 5. The number of aromatic nitrogens is 1. The van der Waals surface area contributed by atoms with Crippen LogP contribution in [0.5, 0.6) is 0 Å². The Balaban J connectivity index is 1.31. The molecule has 1 aliphatic heterocycles. The molecule has 310 valence electrons. The van der Waals surface area contributed by atoms with Crippen molar-refractivity contribution in [1.82, 2.24) is 31.2 Å². The summed E-state index contributed by atoms with van der Waals surface area (Å²) in [6.07, 6.45) is 5.06. The third kappa shape index (κ3) is 11.3. The molecule has 1 aromatic heterocycles. The van der Waals surface area contributed by atoms with Gasteiger partial charge in [-0.1, -0.05) is 91.0 Å². The van der Waals surface area contributed by atoms with Gasteiger partial charge < -0.3 is 42.6 Å². The van der Waals surface area contributed by atoms with E-state index in [1.807, 2.05) is 103 Å². The average Bonchev–Trinajstić information content (AvgIpc) is 3.67. The minimum Gasteiger partial charge on any atom is -0.368 e. The van der Waals surface area contributed by atoms with E-state index in [1.54, 1.807) is 7.05 Å². The number of nitrogens with zero attached hydrogens (tertiary/aromatic N) is 1. The zero-order valence-electron chi connectivity index (χ0n) is 33.6. The van der Waals surface area contributed by atoms with Crippen molar-refractivity contribution in [3.05, 3.63) is 120 Å². The molecule has 0 spiro atoms. The molecule has 0 bridgehead atoms. The molecule has 59 heavy (non-hydrogen) atoms. The van der Waals surface area contributed by atoms with Gasteiger partial charge in [-0.2, -0.15) is 0 Å². The highest BCUT2D eigenvalue weighted by atomic mass is 16.2. The molecule has 0 radical (unpaired) electrons. The number of primary amides is 1. The Morgan fingerprint density at radius 3 is 2.08 bits per heavy atom. The number of unbranched alkanes of at least 4 members (excludes halogenated alkanes) is 1. The monoisotopic (exact) mass is 800 g/mol. The molecule has 1 unspecified atom stereocenters. The maximum absolute atomic E-state index is 14.8. The number of carbonyl (C=O) groups excluding carboxylic acids is 5. The van der Waals surface area contributed by atoms with Crippen molar-refractivity contribution in [3.63, 3.8) is 0 Å². The standard InChI is InChI=1S/C46H56N8O5/c1-54(46(59)33-20-23-49-24-21-33)41(27-31-18-19-32-13-5-6-14-34(32)25-31)45(58)53-40(28-35-29-50-37-16-8-7-15-36(35)37)44(57)52-39(26-30-11-3-2-4-12-30)43(56)51-38(42(48)55)17-9-10-22-47/h2-8,11-16,18-19,25,29,33,38-41,49-50H,9-10,17,20-24,26-28,47H2,1H3,(H2,48,55)(H,51,56)(H,52,57)(H,53,58)/t38-,39-,40+,41?/m0/s1. The number of fused-ring (bicyclic) bond motifs is 2. The molecule has 2 heterocycles. The van der Waals surface area contributed by atoms with Crippen molar-refractivity contribution in [1.29, 1.82) is 0 Å². The van der Waals surface area contributed by atoms with Crippen LogP contribution in [-0.2, 0) is 43.2 Å². The maximum atomic E-state index is 14.8. The maximum Gasteiger partial charge on any atom is 0.243 e. The Morgan fingerprint density at radius 1 is 0.712 bits per heavy atom. The van der Waals surface area contributed by atoms with Crippen molar-refractivity contribution in [2.24, 2.45) is 17.4 Å². The zero-order valence-corrected chi connectivity index (χ0v) is 33.6. The third-order valence-electron chi connectivity index (χ3n) is 11.3. The number of benzene rings is 4. The zero-order chi connectivity index (χ0) is 41.7. The molecule has 4 atom stereocenters. The van der Waals surface area contributed by atoms with Gasteiger partial charge in [0, 0.05) is 49.3 Å². The minimum atomic E-state index is -1.16. The van der Waals surface area contributed by atoms with Crippen LogP contribution in [0, 0.1) is 5.92 Å². The van der Waals surface area contributed by atoms with E-state index in [0.29, 0.717) is 51.7 Å². The number of hydrogen-bond donors (Lipinski definition) is 7.